The maximum atomic E-state index is 12.8. The first kappa shape index (κ1) is 15.5. The maximum Gasteiger partial charge on any atom is 0.414 e. The molecule has 0 N–H and O–H groups in total. The highest BCUT2D eigenvalue weighted by Crippen LogP contribution is 2.81. The smallest absolute Gasteiger partial charge is 0.414 e. The van der Waals surface area contributed by atoms with Gasteiger partial charge in [-0.05, 0) is 55.4 Å². The molecule has 3 aliphatic heterocycles. The second-order valence-electron chi connectivity index (χ2n) is 8.52. The topological polar surface area (TPSA) is 59.1 Å². The molecule has 27 heavy (non-hydrogen) atoms. The van der Waals surface area contributed by atoms with E-state index >= 15 is 0 Å². The van der Waals surface area contributed by atoms with E-state index in [9.17, 15) is 9.59 Å². The number of rotatable bonds is 1. The van der Waals surface area contributed by atoms with Gasteiger partial charge < -0.3 is 14.4 Å². The van der Waals surface area contributed by atoms with Crippen molar-refractivity contribution in [3.8, 4) is 5.75 Å². The average Bonchev–Trinajstić information content (AvgIpc) is 3.09. The molecule has 0 aromatic heterocycles. The largest absolute Gasteiger partial charge is 0.497 e. The van der Waals surface area contributed by atoms with Crippen LogP contribution < -0.4 is 9.64 Å². The number of methoxy groups -OCH3 is 2. The molecule has 5 aliphatic rings. The van der Waals surface area contributed by atoms with Crippen LogP contribution in [0.5, 0.6) is 5.75 Å². The summed E-state index contributed by atoms with van der Waals surface area (Å²) in [6.45, 7) is 0.732. The third-order valence-corrected chi connectivity index (χ3v) is 8.11. The summed E-state index contributed by atoms with van der Waals surface area (Å²) in [5.74, 6) is 1.29. The third kappa shape index (κ3) is 1.42. The Morgan fingerprint density at radius 2 is 2.07 bits per heavy atom. The Hall–Kier alpha value is -2.50. The highest BCUT2D eigenvalue weighted by Gasteiger charge is 2.87. The molecule has 2 aliphatic carbocycles. The normalized spacial score (nSPS) is 39.5. The van der Waals surface area contributed by atoms with Gasteiger partial charge in [0.15, 0.2) is 0 Å². The lowest BCUT2D eigenvalue weighted by molar-refractivity contribution is -0.129. The Balaban J connectivity index is 1.56. The first-order chi connectivity index (χ1) is 13.0. The van der Waals surface area contributed by atoms with Gasteiger partial charge in [0.05, 0.1) is 31.0 Å². The average molecular weight is 366 g/mol. The molecule has 1 unspecified atom stereocenters. The zero-order valence-corrected chi connectivity index (χ0v) is 15.5. The summed E-state index contributed by atoms with van der Waals surface area (Å²) in [6, 6.07) is 5.99. The number of fused-ring (bicyclic) bond motifs is 1. The van der Waals surface area contributed by atoms with Gasteiger partial charge in [0.2, 0.25) is 5.91 Å². The summed E-state index contributed by atoms with van der Waals surface area (Å²) in [4.78, 5) is 29.3. The molecule has 1 aromatic rings. The molecule has 4 atom stereocenters. The second-order valence-corrected chi connectivity index (χ2v) is 8.52. The van der Waals surface area contributed by atoms with Crippen molar-refractivity contribution in [1.29, 1.82) is 0 Å². The number of amides is 2. The van der Waals surface area contributed by atoms with Crippen molar-refractivity contribution in [2.45, 2.75) is 42.2 Å². The van der Waals surface area contributed by atoms with Crippen LogP contribution in [0.1, 0.15) is 31.2 Å². The van der Waals surface area contributed by atoms with Gasteiger partial charge in [0.1, 0.15) is 5.75 Å². The van der Waals surface area contributed by atoms with Crippen molar-refractivity contribution >= 4 is 17.7 Å². The van der Waals surface area contributed by atoms with Crippen molar-refractivity contribution in [3.63, 3.8) is 0 Å². The standard InChI is InChI=1S/C21H22N2O4/c1-26-13-3-4-15-14(11-13)20-9-10-22-17(24)5-6-19(22)7-8-21(20,16(20)12-19)23(15)18(25)27-2/h3-6,11,16H,7-10,12H2,1-2H3/t16-,19?,20-,21+/m0/s1. The molecular weight excluding hydrogens is 344 g/mol. The zero-order valence-electron chi connectivity index (χ0n) is 15.5. The Labute approximate surface area is 157 Å². The van der Waals surface area contributed by atoms with E-state index in [0.29, 0.717) is 5.92 Å². The van der Waals surface area contributed by atoms with Gasteiger partial charge in [-0.3, -0.25) is 9.69 Å². The van der Waals surface area contributed by atoms with Gasteiger partial charge in [-0.15, -0.1) is 0 Å². The first-order valence-corrected chi connectivity index (χ1v) is 9.62. The van der Waals surface area contributed by atoms with Gasteiger partial charge >= 0.3 is 6.09 Å². The molecular formula is C21H22N2O4. The number of hydrogen-bond donors (Lipinski definition) is 0. The molecule has 0 radical (unpaired) electrons. The predicted octanol–water partition coefficient (Wildman–Crippen LogP) is 2.61. The summed E-state index contributed by atoms with van der Waals surface area (Å²) < 4.78 is 10.7. The number of hydrogen-bond acceptors (Lipinski definition) is 4. The number of nitrogens with zero attached hydrogens (tertiary/aromatic N) is 2. The molecule has 6 rings (SSSR count). The Bertz CT molecular complexity index is 942. The number of benzene rings is 1. The van der Waals surface area contributed by atoms with Crippen molar-refractivity contribution in [2.75, 3.05) is 25.7 Å². The molecule has 3 spiro atoms. The SMILES string of the molecule is COC(=O)N1c2ccc(OC)cc2[C@]23CCN4C(=O)C=CC45CC[C@]12[C@H]3C5. The van der Waals surface area contributed by atoms with E-state index < -0.39 is 0 Å². The number of anilines is 1. The first-order valence-electron chi connectivity index (χ1n) is 9.62. The van der Waals surface area contributed by atoms with Gasteiger partial charge in [-0.1, -0.05) is 6.08 Å². The van der Waals surface area contributed by atoms with Crippen LogP contribution in [0.15, 0.2) is 30.4 Å². The Morgan fingerprint density at radius 3 is 2.85 bits per heavy atom. The molecule has 1 saturated heterocycles. The number of carbonyl (C=O) groups is 2. The van der Waals surface area contributed by atoms with Crippen LogP contribution in [0.4, 0.5) is 10.5 Å². The lowest BCUT2D eigenvalue weighted by atomic mass is 9.78. The van der Waals surface area contributed by atoms with Gasteiger partial charge in [0.25, 0.3) is 0 Å². The molecule has 2 bridgehead atoms. The van der Waals surface area contributed by atoms with E-state index in [4.69, 9.17) is 9.47 Å². The monoisotopic (exact) mass is 366 g/mol. The van der Waals surface area contributed by atoms with Crippen molar-refractivity contribution in [2.24, 2.45) is 5.92 Å². The fraction of sp³-hybridized carbons (Fsp3) is 0.524. The van der Waals surface area contributed by atoms with E-state index in [1.54, 1.807) is 13.2 Å². The predicted molar refractivity (Wildman–Crippen MR) is 97.8 cm³/mol. The van der Waals surface area contributed by atoms with Crippen LogP contribution in [0.2, 0.25) is 0 Å². The molecule has 3 fully saturated rings. The third-order valence-electron chi connectivity index (χ3n) is 8.11. The van der Waals surface area contributed by atoms with E-state index in [-0.39, 0.29) is 28.5 Å². The lowest BCUT2D eigenvalue weighted by Gasteiger charge is -2.45. The van der Waals surface area contributed by atoms with Gasteiger partial charge in [-0.25, -0.2) is 4.79 Å². The molecule has 2 saturated carbocycles. The Kier molecular flexibility index (Phi) is 2.58. The van der Waals surface area contributed by atoms with Gasteiger partial charge in [0, 0.05) is 18.0 Å². The summed E-state index contributed by atoms with van der Waals surface area (Å²) in [6.07, 6.45) is 7.15. The minimum atomic E-state index is -0.280. The minimum Gasteiger partial charge on any atom is -0.497 e. The summed E-state index contributed by atoms with van der Waals surface area (Å²) in [7, 11) is 3.12. The fourth-order valence-electron chi connectivity index (χ4n) is 7.09. The lowest BCUT2D eigenvalue weighted by Crippen LogP contribution is -2.55. The summed E-state index contributed by atoms with van der Waals surface area (Å²) in [5, 5.41) is 0. The van der Waals surface area contributed by atoms with Crippen molar-refractivity contribution in [1.82, 2.24) is 4.90 Å². The quantitative estimate of drug-likeness (QED) is 0.767. The molecule has 2 amide bonds. The van der Waals surface area contributed by atoms with E-state index in [1.807, 2.05) is 17.0 Å². The van der Waals surface area contributed by atoms with Crippen LogP contribution in [0.3, 0.4) is 0 Å². The number of ether oxygens (including phenoxy) is 2. The van der Waals surface area contributed by atoms with E-state index in [0.717, 1.165) is 43.7 Å². The molecule has 6 nitrogen and oxygen atoms in total. The van der Waals surface area contributed by atoms with Crippen molar-refractivity contribution < 1.29 is 19.1 Å². The molecule has 140 valence electrons. The minimum absolute atomic E-state index is 0.104. The zero-order chi connectivity index (χ0) is 18.6. The van der Waals surface area contributed by atoms with E-state index in [1.165, 1.54) is 12.7 Å². The summed E-state index contributed by atoms with van der Waals surface area (Å²) >= 11 is 0. The van der Waals surface area contributed by atoms with Crippen LogP contribution in [-0.4, -0.2) is 48.7 Å². The molecule has 6 heteroatoms. The fourth-order valence-corrected chi connectivity index (χ4v) is 7.09. The molecule has 1 aromatic carbocycles. The van der Waals surface area contributed by atoms with E-state index in [2.05, 4.69) is 17.0 Å². The molecule has 3 heterocycles. The van der Waals surface area contributed by atoms with Gasteiger partial charge in [-0.2, -0.15) is 0 Å². The maximum absolute atomic E-state index is 12.8. The number of carbonyl (C=O) groups excluding carboxylic acids is 2. The second kappa shape index (κ2) is 4.49. The van der Waals surface area contributed by atoms with Crippen LogP contribution in [-0.2, 0) is 14.9 Å². The van der Waals surface area contributed by atoms with Crippen LogP contribution in [0.25, 0.3) is 0 Å². The van der Waals surface area contributed by atoms with Crippen LogP contribution >= 0.6 is 0 Å². The highest BCUT2D eigenvalue weighted by atomic mass is 16.5. The Morgan fingerprint density at radius 1 is 1.22 bits per heavy atom. The van der Waals surface area contributed by atoms with Crippen molar-refractivity contribution in [3.05, 3.63) is 35.9 Å². The van der Waals surface area contributed by atoms with Crippen LogP contribution in [0, 0.1) is 5.92 Å². The summed E-state index contributed by atoms with van der Waals surface area (Å²) in [5.41, 5.74) is 1.64. The highest BCUT2D eigenvalue weighted by molar-refractivity contribution is 5.98.